The van der Waals surface area contributed by atoms with E-state index in [1.807, 2.05) is 6.07 Å². The summed E-state index contributed by atoms with van der Waals surface area (Å²) in [5.74, 6) is 0.923. The average Bonchev–Trinajstić information content (AvgIpc) is 2.80. The molecule has 2 N–H and O–H groups in total. The van der Waals surface area contributed by atoms with Gasteiger partial charge in [0.1, 0.15) is 12.4 Å². The number of aliphatic hydroxyl groups is 1. The van der Waals surface area contributed by atoms with E-state index >= 15 is 0 Å². The van der Waals surface area contributed by atoms with Crippen LogP contribution >= 0.6 is 12.4 Å². The SMILES string of the molecule is CCN(CC)CCOc1ccc2ccccc2c1C(Cc1ccccc1)NCCO.Cl. The van der Waals surface area contributed by atoms with Crippen LogP contribution in [-0.2, 0) is 6.42 Å². The Hall–Kier alpha value is -2.11. The lowest BCUT2D eigenvalue weighted by molar-refractivity contribution is 0.220. The minimum Gasteiger partial charge on any atom is -0.492 e. The highest BCUT2D eigenvalue weighted by Crippen LogP contribution is 2.35. The zero-order chi connectivity index (χ0) is 21.2. The first kappa shape index (κ1) is 25.2. The molecule has 0 saturated heterocycles. The fraction of sp³-hybridized carbons (Fsp3) is 0.385. The summed E-state index contributed by atoms with van der Waals surface area (Å²) in [6, 6.07) is 23.2. The van der Waals surface area contributed by atoms with Crippen molar-refractivity contribution in [2.75, 3.05) is 39.4 Å². The van der Waals surface area contributed by atoms with Gasteiger partial charge in [0.25, 0.3) is 0 Å². The Labute approximate surface area is 192 Å². The molecule has 0 bridgehead atoms. The number of halogens is 1. The fourth-order valence-corrected chi connectivity index (χ4v) is 3.95. The minimum absolute atomic E-state index is 0. The van der Waals surface area contributed by atoms with E-state index in [1.54, 1.807) is 0 Å². The van der Waals surface area contributed by atoms with Crippen molar-refractivity contribution in [2.45, 2.75) is 26.3 Å². The van der Waals surface area contributed by atoms with Crippen LogP contribution in [0, 0.1) is 0 Å². The first-order valence-electron chi connectivity index (χ1n) is 11.0. The molecule has 0 heterocycles. The Morgan fingerprint density at radius 2 is 1.65 bits per heavy atom. The highest BCUT2D eigenvalue weighted by Gasteiger charge is 2.20. The molecule has 1 unspecified atom stereocenters. The number of fused-ring (bicyclic) bond motifs is 1. The zero-order valence-electron chi connectivity index (χ0n) is 18.6. The van der Waals surface area contributed by atoms with Crippen LogP contribution in [0.3, 0.4) is 0 Å². The number of nitrogens with one attached hydrogen (secondary N) is 1. The average molecular weight is 443 g/mol. The maximum absolute atomic E-state index is 9.47. The van der Waals surface area contributed by atoms with Gasteiger partial charge in [0, 0.05) is 24.7 Å². The molecule has 4 nitrogen and oxygen atoms in total. The molecule has 1 atom stereocenters. The number of aliphatic hydroxyl groups excluding tert-OH is 1. The van der Waals surface area contributed by atoms with Crippen molar-refractivity contribution in [2.24, 2.45) is 0 Å². The highest BCUT2D eigenvalue weighted by atomic mass is 35.5. The van der Waals surface area contributed by atoms with Gasteiger partial charge in [-0.15, -0.1) is 12.4 Å². The number of rotatable bonds is 12. The number of hydrogen-bond donors (Lipinski definition) is 2. The standard InChI is InChI=1S/C26H34N2O2.ClH/c1-3-28(4-2)17-19-30-25-15-14-22-12-8-9-13-23(22)26(25)24(27-16-18-29)20-21-10-6-5-7-11-21;/h5-15,24,27,29H,3-4,16-20H2,1-2H3;1H. The number of nitrogens with zero attached hydrogens (tertiary/aromatic N) is 1. The highest BCUT2D eigenvalue weighted by molar-refractivity contribution is 5.88. The van der Waals surface area contributed by atoms with E-state index in [2.05, 4.69) is 84.7 Å². The van der Waals surface area contributed by atoms with Crippen molar-refractivity contribution in [3.05, 3.63) is 77.9 Å². The molecular weight excluding hydrogens is 408 g/mol. The van der Waals surface area contributed by atoms with Crippen LogP contribution in [0.4, 0.5) is 0 Å². The van der Waals surface area contributed by atoms with Gasteiger partial charge in [-0.05, 0) is 41.9 Å². The van der Waals surface area contributed by atoms with Crippen molar-refractivity contribution < 1.29 is 9.84 Å². The van der Waals surface area contributed by atoms with E-state index in [4.69, 9.17) is 4.74 Å². The molecule has 3 rings (SSSR count). The molecule has 0 saturated carbocycles. The first-order chi connectivity index (χ1) is 14.8. The maximum atomic E-state index is 9.47. The summed E-state index contributed by atoms with van der Waals surface area (Å²) in [5.41, 5.74) is 2.43. The summed E-state index contributed by atoms with van der Waals surface area (Å²) in [6.07, 6.45) is 0.835. The van der Waals surface area contributed by atoms with Gasteiger partial charge in [0.05, 0.1) is 6.61 Å². The Morgan fingerprint density at radius 1 is 0.935 bits per heavy atom. The maximum Gasteiger partial charge on any atom is 0.124 e. The third-order valence-corrected chi connectivity index (χ3v) is 5.62. The smallest absolute Gasteiger partial charge is 0.124 e. The lowest BCUT2D eigenvalue weighted by atomic mass is 9.93. The second-order valence-electron chi connectivity index (χ2n) is 7.49. The van der Waals surface area contributed by atoms with E-state index < -0.39 is 0 Å². The topological polar surface area (TPSA) is 44.7 Å². The van der Waals surface area contributed by atoms with Crippen LogP contribution in [0.25, 0.3) is 10.8 Å². The molecule has 3 aromatic rings. The van der Waals surface area contributed by atoms with Crippen molar-refractivity contribution in [3.63, 3.8) is 0 Å². The molecular formula is C26H35ClN2O2. The molecule has 5 heteroatoms. The summed E-state index contributed by atoms with van der Waals surface area (Å²) < 4.78 is 6.33. The van der Waals surface area contributed by atoms with E-state index in [9.17, 15) is 5.11 Å². The fourth-order valence-electron chi connectivity index (χ4n) is 3.95. The number of benzene rings is 3. The predicted octanol–water partition coefficient (Wildman–Crippen LogP) is 4.85. The minimum atomic E-state index is 0. The Bertz CT molecular complexity index is 900. The molecule has 0 aliphatic heterocycles. The van der Waals surface area contributed by atoms with Gasteiger partial charge in [0.15, 0.2) is 0 Å². The molecule has 3 aromatic carbocycles. The number of likely N-dealkylation sites (N-methyl/N-ethyl adjacent to an activating group) is 1. The molecule has 0 aliphatic carbocycles. The lowest BCUT2D eigenvalue weighted by Crippen LogP contribution is -2.29. The van der Waals surface area contributed by atoms with Gasteiger partial charge in [-0.1, -0.05) is 74.5 Å². The van der Waals surface area contributed by atoms with Crippen molar-refractivity contribution >= 4 is 23.2 Å². The summed E-state index contributed by atoms with van der Waals surface area (Å²) >= 11 is 0. The molecule has 0 fully saturated rings. The number of hydrogen-bond acceptors (Lipinski definition) is 4. The van der Waals surface area contributed by atoms with Crippen molar-refractivity contribution in [1.29, 1.82) is 0 Å². The van der Waals surface area contributed by atoms with Gasteiger partial charge in [0.2, 0.25) is 0 Å². The summed E-state index contributed by atoms with van der Waals surface area (Å²) in [7, 11) is 0. The van der Waals surface area contributed by atoms with Gasteiger partial charge in [-0.2, -0.15) is 0 Å². The van der Waals surface area contributed by atoms with Crippen LogP contribution in [-0.4, -0.2) is 49.4 Å². The summed E-state index contributed by atoms with van der Waals surface area (Å²) in [5, 5.41) is 15.4. The lowest BCUT2D eigenvalue weighted by Gasteiger charge is -2.25. The first-order valence-corrected chi connectivity index (χ1v) is 11.0. The van der Waals surface area contributed by atoms with E-state index in [0.29, 0.717) is 13.2 Å². The second-order valence-corrected chi connectivity index (χ2v) is 7.49. The zero-order valence-corrected chi connectivity index (χ0v) is 19.4. The Morgan fingerprint density at radius 3 is 2.35 bits per heavy atom. The predicted molar refractivity (Wildman–Crippen MR) is 132 cm³/mol. The molecule has 0 radical (unpaired) electrons. The molecule has 31 heavy (non-hydrogen) atoms. The largest absolute Gasteiger partial charge is 0.492 e. The van der Waals surface area contributed by atoms with Crippen molar-refractivity contribution in [1.82, 2.24) is 10.2 Å². The molecule has 0 aliphatic rings. The third-order valence-electron chi connectivity index (χ3n) is 5.62. The van der Waals surface area contributed by atoms with Gasteiger partial charge < -0.3 is 20.1 Å². The summed E-state index contributed by atoms with van der Waals surface area (Å²) in [6.45, 7) is 8.63. The van der Waals surface area contributed by atoms with Crippen LogP contribution < -0.4 is 10.1 Å². The Balaban J connectivity index is 0.00000341. The van der Waals surface area contributed by atoms with Crippen LogP contribution in [0.15, 0.2) is 66.7 Å². The van der Waals surface area contributed by atoms with Crippen molar-refractivity contribution in [3.8, 4) is 5.75 Å². The van der Waals surface area contributed by atoms with Crippen LogP contribution in [0.2, 0.25) is 0 Å². The quantitative estimate of drug-likeness (QED) is 0.421. The van der Waals surface area contributed by atoms with E-state index in [-0.39, 0.29) is 25.1 Å². The normalized spacial score (nSPS) is 12.0. The molecule has 0 aromatic heterocycles. The molecule has 0 spiro atoms. The number of ether oxygens (including phenoxy) is 1. The van der Waals surface area contributed by atoms with E-state index in [1.165, 1.54) is 21.9 Å². The Kier molecular flexibility index (Phi) is 10.8. The van der Waals surface area contributed by atoms with Crippen LogP contribution in [0.5, 0.6) is 5.75 Å². The van der Waals surface area contributed by atoms with E-state index in [0.717, 1.165) is 31.8 Å². The monoisotopic (exact) mass is 442 g/mol. The van der Waals surface area contributed by atoms with Gasteiger partial charge >= 0.3 is 0 Å². The van der Waals surface area contributed by atoms with Crippen LogP contribution in [0.1, 0.15) is 31.0 Å². The van der Waals surface area contributed by atoms with Gasteiger partial charge in [-0.3, -0.25) is 0 Å². The second kappa shape index (κ2) is 13.3. The third kappa shape index (κ3) is 6.94. The van der Waals surface area contributed by atoms with Gasteiger partial charge in [-0.25, -0.2) is 0 Å². The molecule has 0 amide bonds. The molecule has 168 valence electrons. The summed E-state index contributed by atoms with van der Waals surface area (Å²) in [4.78, 5) is 2.37.